The molecule has 1 saturated carbocycles. The molecule has 5 heteroatoms. The van der Waals surface area contributed by atoms with Crippen LogP contribution in [0.4, 0.5) is 10.5 Å². The molecule has 110 valence electrons. The van der Waals surface area contributed by atoms with Crippen molar-refractivity contribution in [2.45, 2.75) is 38.7 Å². The summed E-state index contributed by atoms with van der Waals surface area (Å²) in [4.78, 5) is 11.9. The monoisotopic (exact) mass is 296 g/mol. The minimum atomic E-state index is -0.300. The molecule has 2 rings (SSSR count). The number of halogens is 1. The fourth-order valence-corrected chi connectivity index (χ4v) is 2.87. The van der Waals surface area contributed by atoms with Crippen LogP contribution in [0, 0.1) is 12.8 Å². The van der Waals surface area contributed by atoms with E-state index in [9.17, 15) is 9.90 Å². The van der Waals surface area contributed by atoms with Gasteiger partial charge in [0.05, 0.1) is 16.8 Å². The third-order valence-electron chi connectivity index (χ3n) is 3.85. The van der Waals surface area contributed by atoms with Gasteiger partial charge in [0.2, 0.25) is 0 Å². The first kappa shape index (κ1) is 15.1. The van der Waals surface area contributed by atoms with Crippen molar-refractivity contribution in [1.29, 1.82) is 0 Å². The summed E-state index contributed by atoms with van der Waals surface area (Å²) < 4.78 is 0. The second kappa shape index (κ2) is 6.95. The van der Waals surface area contributed by atoms with Gasteiger partial charge in [0.15, 0.2) is 0 Å². The largest absolute Gasteiger partial charge is 0.393 e. The molecule has 2 atom stereocenters. The zero-order valence-corrected chi connectivity index (χ0v) is 12.4. The first-order valence-corrected chi connectivity index (χ1v) is 7.43. The number of anilines is 1. The summed E-state index contributed by atoms with van der Waals surface area (Å²) in [5.41, 5.74) is 1.56. The Morgan fingerprint density at radius 2 is 2.15 bits per heavy atom. The lowest BCUT2D eigenvalue weighted by Gasteiger charge is -2.27. The van der Waals surface area contributed by atoms with Crippen molar-refractivity contribution in [2.24, 2.45) is 5.92 Å². The molecule has 3 N–H and O–H groups in total. The Morgan fingerprint density at radius 3 is 2.85 bits per heavy atom. The fourth-order valence-electron chi connectivity index (χ4n) is 2.60. The molecule has 0 aromatic heterocycles. The SMILES string of the molecule is Cc1cccc(Cl)c1NC(=O)NC[C@@H]1CCCC[C@@H]1O. The first-order valence-electron chi connectivity index (χ1n) is 7.06. The number of aliphatic hydroxyl groups is 1. The minimum Gasteiger partial charge on any atom is -0.393 e. The van der Waals surface area contributed by atoms with E-state index in [4.69, 9.17) is 11.6 Å². The molecule has 1 aromatic carbocycles. The van der Waals surface area contributed by atoms with Gasteiger partial charge in [-0.1, -0.05) is 36.6 Å². The third-order valence-corrected chi connectivity index (χ3v) is 4.17. The molecule has 0 radical (unpaired) electrons. The smallest absolute Gasteiger partial charge is 0.319 e. The van der Waals surface area contributed by atoms with E-state index in [1.807, 2.05) is 19.1 Å². The number of benzene rings is 1. The van der Waals surface area contributed by atoms with Gasteiger partial charge in [0, 0.05) is 12.5 Å². The van der Waals surface area contributed by atoms with Crippen LogP contribution in [0.2, 0.25) is 5.02 Å². The molecule has 20 heavy (non-hydrogen) atoms. The molecule has 1 aliphatic carbocycles. The third kappa shape index (κ3) is 3.87. The summed E-state index contributed by atoms with van der Waals surface area (Å²) in [7, 11) is 0. The molecule has 0 heterocycles. The first-order chi connectivity index (χ1) is 9.58. The van der Waals surface area contributed by atoms with E-state index < -0.39 is 0 Å². The van der Waals surface area contributed by atoms with E-state index in [0.29, 0.717) is 17.3 Å². The highest BCUT2D eigenvalue weighted by atomic mass is 35.5. The number of hydrogen-bond acceptors (Lipinski definition) is 2. The summed E-state index contributed by atoms with van der Waals surface area (Å²) in [5, 5.41) is 16.0. The predicted molar refractivity (Wildman–Crippen MR) is 81.2 cm³/mol. The molecule has 0 aliphatic heterocycles. The summed E-state index contributed by atoms with van der Waals surface area (Å²) in [6.45, 7) is 2.39. The lowest BCUT2D eigenvalue weighted by Crippen LogP contribution is -2.38. The number of nitrogens with one attached hydrogen (secondary N) is 2. The van der Waals surface area contributed by atoms with Gasteiger partial charge in [-0.05, 0) is 31.4 Å². The predicted octanol–water partition coefficient (Wildman–Crippen LogP) is 3.32. The molecule has 0 bridgehead atoms. The molecule has 0 saturated heterocycles. The van der Waals surface area contributed by atoms with Crippen molar-refractivity contribution in [3.63, 3.8) is 0 Å². The fraction of sp³-hybridized carbons (Fsp3) is 0.533. The Morgan fingerprint density at radius 1 is 1.40 bits per heavy atom. The summed E-state index contributed by atoms with van der Waals surface area (Å²) in [6, 6.07) is 5.21. The zero-order chi connectivity index (χ0) is 14.5. The number of aliphatic hydroxyl groups excluding tert-OH is 1. The summed E-state index contributed by atoms with van der Waals surface area (Å²) in [6.07, 6.45) is 3.69. The average Bonchev–Trinajstić information content (AvgIpc) is 2.42. The topological polar surface area (TPSA) is 61.4 Å². The van der Waals surface area contributed by atoms with Gasteiger partial charge in [-0.3, -0.25) is 0 Å². The molecule has 1 aliphatic rings. The number of rotatable bonds is 3. The van der Waals surface area contributed by atoms with Crippen LogP contribution in [-0.4, -0.2) is 23.8 Å². The Hall–Kier alpha value is -1.26. The van der Waals surface area contributed by atoms with Gasteiger partial charge in [-0.25, -0.2) is 4.79 Å². The Kier molecular flexibility index (Phi) is 5.26. The van der Waals surface area contributed by atoms with Crippen molar-refractivity contribution >= 4 is 23.3 Å². The lowest BCUT2D eigenvalue weighted by atomic mass is 9.86. The van der Waals surface area contributed by atoms with Gasteiger partial charge >= 0.3 is 6.03 Å². The Labute approximate surface area is 124 Å². The van der Waals surface area contributed by atoms with Crippen LogP contribution in [0.3, 0.4) is 0 Å². The highest BCUT2D eigenvalue weighted by Crippen LogP contribution is 2.25. The van der Waals surface area contributed by atoms with Crippen LogP contribution in [0.5, 0.6) is 0 Å². The molecule has 4 nitrogen and oxygen atoms in total. The van der Waals surface area contributed by atoms with Crippen molar-refractivity contribution in [3.8, 4) is 0 Å². The maximum absolute atomic E-state index is 11.9. The Bertz CT molecular complexity index is 459. The molecule has 2 amide bonds. The number of aryl methyl sites for hydroxylation is 1. The Balaban J connectivity index is 1.86. The van der Waals surface area contributed by atoms with Crippen molar-refractivity contribution in [1.82, 2.24) is 5.32 Å². The van der Waals surface area contributed by atoms with E-state index in [1.165, 1.54) is 0 Å². The van der Waals surface area contributed by atoms with E-state index in [0.717, 1.165) is 31.2 Å². The molecular weight excluding hydrogens is 276 g/mol. The average molecular weight is 297 g/mol. The van der Waals surface area contributed by atoms with Gasteiger partial charge in [0.25, 0.3) is 0 Å². The summed E-state index contributed by atoms with van der Waals surface area (Å²) in [5.74, 6) is 0.154. The maximum atomic E-state index is 11.9. The number of hydrogen-bond donors (Lipinski definition) is 3. The zero-order valence-electron chi connectivity index (χ0n) is 11.7. The van der Waals surface area contributed by atoms with Gasteiger partial charge in [-0.15, -0.1) is 0 Å². The van der Waals surface area contributed by atoms with Crippen molar-refractivity contribution in [3.05, 3.63) is 28.8 Å². The van der Waals surface area contributed by atoms with Crippen LogP contribution >= 0.6 is 11.6 Å². The molecule has 1 fully saturated rings. The molecule has 1 aromatic rings. The van der Waals surface area contributed by atoms with E-state index >= 15 is 0 Å². The molecular formula is C15H21ClN2O2. The number of amides is 2. The lowest BCUT2D eigenvalue weighted by molar-refractivity contribution is 0.0711. The van der Waals surface area contributed by atoms with E-state index in [2.05, 4.69) is 10.6 Å². The molecule has 0 spiro atoms. The van der Waals surface area contributed by atoms with Crippen LogP contribution in [0.25, 0.3) is 0 Å². The molecule has 0 unspecified atom stereocenters. The van der Waals surface area contributed by atoms with Gasteiger partial charge in [-0.2, -0.15) is 0 Å². The quantitative estimate of drug-likeness (QED) is 0.801. The van der Waals surface area contributed by atoms with Crippen molar-refractivity contribution in [2.75, 3.05) is 11.9 Å². The minimum absolute atomic E-state index is 0.154. The number of urea groups is 1. The van der Waals surface area contributed by atoms with Crippen LogP contribution < -0.4 is 10.6 Å². The number of carbonyl (C=O) groups excluding carboxylic acids is 1. The number of para-hydroxylation sites is 1. The van der Waals surface area contributed by atoms with E-state index in [1.54, 1.807) is 6.07 Å². The summed E-state index contributed by atoms with van der Waals surface area (Å²) >= 11 is 6.06. The second-order valence-corrected chi connectivity index (χ2v) is 5.79. The van der Waals surface area contributed by atoms with Crippen molar-refractivity contribution < 1.29 is 9.90 Å². The standard InChI is InChI=1S/C15H21ClN2O2/c1-10-5-4-7-12(16)14(10)18-15(20)17-9-11-6-2-3-8-13(11)19/h4-5,7,11,13,19H,2-3,6,8-9H2,1H3,(H2,17,18,20)/t11-,13-/m0/s1. The van der Waals surface area contributed by atoms with Crippen LogP contribution in [0.1, 0.15) is 31.2 Å². The second-order valence-electron chi connectivity index (χ2n) is 5.38. The van der Waals surface area contributed by atoms with Crippen LogP contribution in [-0.2, 0) is 0 Å². The van der Waals surface area contributed by atoms with E-state index in [-0.39, 0.29) is 18.1 Å². The van der Waals surface area contributed by atoms with Crippen LogP contribution in [0.15, 0.2) is 18.2 Å². The highest BCUT2D eigenvalue weighted by molar-refractivity contribution is 6.33. The highest BCUT2D eigenvalue weighted by Gasteiger charge is 2.23. The van der Waals surface area contributed by atoms with Gasteiger partial charge in [0.1, 0.15) is 0 Å². The number of carbonyl (C=O) groups is 1. The normalized spacial score (nSPS) is 22.4. The van der Waals surface area contributed by atoms with Gasteiger partial charge < -0.3 is 15.7 Å². The maximum Gasteiger partial charge on any atom is 0.319 e.